The molecule has 12 heavy (non-hydrogen) atoms. The molecule has 1 atom stereocenters. The highest BCUT2D eigenvalue weighted by Gasteiger charge is 2.10. The summed E-state index contributed by atoms with van der Waals surface area (Å²) in [6.45, 7) is 6.91. The number of hydrogen-bond acceptors (Lipinski definition) is 3. The average molecular weight is 193 g/mol. The van der Waals surface area contributed by atoms with E-state index in [4.69, 9.17) is 4.74 Å². The molecule has 0 aliphatic carbocycles. The Morgan fingerprint density at radius 2 is 1.92 bits per heavy atom. The van der Waals surface area contributed by atoms with Crippen LogP contribution in [0.5, 0.6) is 0 Å². The lowest BCUT2D eigenvalue weighted by Gasteiger charge is -2.19. The summed E-state index contributed by atoms with van der Waals surface area (Å²) < 4.78 is 4.96. The summed E-state index contributed by atoms with van der Waals surface area (Å²) in [6.07, 6.45) is -0.195. The summed E-state index contributed by atoms with van der Waals surface area (Å²) in [4.78, 5) is 12.7. The molecule has 0 aliphatic rings. The van der Waals surface area contributed by atoms with Crippen molar-refractivity contribution < 1.29 is 21.9 Å². The fraction of sp³-hybridized carbons (Fsp3) is 0.625. The maximum absolute atomic E-state index is 10.9. The number of carbonyl (C=O) groups excluding carboxylic acids is 1. The van der Waals surface area contributed by atoms with Gasteiger partial charge in [-0.2, -0.15) is 0 Å². The number of halogens is 1. The SMILES string of the molecule is C=C(C)C(=O)OC(C)N(C)C.[Cl-]. The van der Waals surface area contributed by atoms with Gasteiger partial charge in [-0.15, -0.1) is 0 Å². The van der Waals surface area contributed by atoms with E-state index in [-0.39, 0.29) is 24.6 Å². The van der Waals surface area contributed by atoms with Crippen molar-refractivity contribution >= 4 is 5.97 Å². The van der Waals surface area contributed by atoms with Gasteiger partial charge in [-0.3, -0.25) is 4.90 Å². The molecular formula is C8H15ClNO2-. The maximum Gasteiger partial charge on any atom is 0.334 e. The van der Waals surface area contributed by atoms with Crippen molar-refractivity contribution in [3.8, 4) is 0 Å². The van der Waals surface area contributed by atoms with Crippen LogP contribution < -0.4 is 12.4 Å². The van der Waals surface area contributed by atoms with Crippen LogP contribution in [0.15, 0.2) is 12.2 Å². The molecule has 0 aliphatic heterocycles. The molecule has 1 unspecified atom stereocenters. The molecule has 0 amide bonds. The number of ether oxygens (including phenoxy) is 1. The van der Waals surface area contributed by atoms with E-state index in [9.17, 15) is 4.79 Å². The Balaban J connectivity index is 0. The third-order valence-electron chi connectivity index (χ3n) is 1.35. The van der Waals surface area contributed by atoms with Gasteiger partial charge in [0.05, 0.1) is 0 Å². The van der Waals surface area contributed by atoms with E-state index in [1.807, 2.05) is 14.1 Å². The molecule has 0 saturated heterocycles. The summed E-state index contributed by atoms with van der Waals surface area (Å²) in [5, 5.41) is 0. The smallest absolute Gasteiger partial charge is 0.334 e. The second kappa shape index (κ2) is 6.03. The van der Waals surface area contributed by atoms with Gasteiger partial charge in [0.25, 0.3) is 0 Å². The number of esters is 1. The lowest BCUT2D eigenvalue weighted by atomic mass is 10.4. The Bertz CT molecular complexity index is 168. The van der Waals surface area contributed by atoms with Crippen LogP contribution in [-0.2, 0) is 9.53 Å². The molecule has 0 bridgehead atoms. The van der Waals surface area contributed by atoms with Crippen molar-refractivity contribution in [2.24, 2.45) is 0 Å². The summed E-state index contributed by atoms with van der Waals surface area (Å²) >= 11 is 0. The van der Waals surface area contributed by atoms with Gasteiger partial charge in [-0.1, -0.05) is 6.58 Å². The van der Waals surface area contributed by atoms with Crippen molar-refractivity contribution in [1.82, 2.24) is 4.90 Å². The molecule has 0 N–H and O–H groups in total. The summed E-state index contributed by atoms with van der Waals surface area (Å²) in [7, 11) is 3.69. The van der Waals surface area contributed by atoms with E-state index in [2.05, 4.69) is 6.58 Å². The van der Waals surface area contributed by atoms with Crippen LogP contribution >= 0.6 is 0 Å². The van der Waals surface area contributed by atoms with Gasteiger partial charge in [-0.05, 0) is 27.9 Å². The van der Waals surface area contributed by atoms with Crippen LogP contribution in [0.2, 0.25) is 0 Å². The van der Waals surface area contributed by atoms with Crippen molar-refractivity contribution in [2.45, 2.75) is 20.1 Å². The van der Waals surface area contributed by atoms with Gasteiger partial charge in [0.1, 0.15) is 0 Å². The maximum atomic E-state index is 10.9. The van der Waals surface area contributed by atoms with Crippen molar-refractivity contribution in [3.63, 3.8) is 0 Å². The standard InChI is InChI=1S/C8H15NO2.ClH/c1-6(2)8(10)11-7(3)9(4)5;/h7H,1H2,2-5H3;1H/p-1. The van der Waals surface area contributed by atoms with Gasteiger partial charge in [0, 0.05) is 5.57 Å². The third-order valence-corrected chi connectivity index (χ3v) is 1.35. The molecule has 3 nitrogen and oxygen atoms in total. The van der Waals surface area contributed by atoms with Crippen molar-refractivity contribution in [2.75, 3.05) is 14.1 Å². The second-order valence-corrected chi connectivity index (χ2v) is 2.75. The predicted octanol–water partition coefficient (Wildman–Crippen LogP) is -1.98. The second-order valence-electron chi connectivity index (χ2n) is 2.75. The highest BCUT2D eigenvalue weighted by Crippen LogP contribution is 1.99. The van der Waals surface area contributed by atoms with Crippen molar-refractivity contribution in [1.29, 1.82) is 0 Å². The summed E-state index contributed by atoms with van der Waals surface area (Å²) in [5.74, 6) is -0.341. The number of hydrogen-bond donors (Lipinski definition) is 0. The molecule has 0 saturated carbocycles. The van der Waals surface area contributed by atoms with E-state index in [0.29, 0.717) is 5.57 Å². The quantitative estimate of drug-likeness (QED) is 0.295. The first-order chi connectivity index (χ1) is 4.95. The zero-order valence-corrected chi connectivity index (χ0v) is 8.68. The fourth-order valence-corrected chi connectivity index (χ4v) is 0.361. The molecule has 0 aromatic carbocycles. The molecule has 4 heteroatoms. The molecule has 0 radical (unpaired) electrons. The van der Waals surface area contributed by atoms with E-state index < -0.39 is 0 Å². The first-order valence-corrected chi connectivity index (χ1v) is 3.48. The first kappa shape index (κ1) is 14.0. The number of carbonyl (C=O) groups is 1. The lowest BCUT2D eigenvalue weighted by Crippen LogP contribution is -3.00. The lowest BCUT2D eigenvalue weighted by molar-refractivity contribution is -0.150. The van der Waals surface area contributed by atoms with Crippen LogP contribution in [0.1, 0.15) is 13.8 Å². The Kier molecular flexibility index (Phi) is 7.04. The minimum absolute atomic E-state index is 0. The number of rotatable bonds is 3. The third kappa shape index (κ3) is 5.16. The van der Waals surface area contributed by atoms with E-state index >= 15 is 0 Å². The minimum Gasteiger partial charge on any atom is -1.00 e. The predicted molar refractivity (Wildman–Crippen MR) is 44.1 cm³/mol. The first-order valence-electron chi connectivity index (χ1n) is 3.48. The fourth-order valence-electron chi connectivity index (χ4n) is 0.361. The zero-order chi connectivity index (χ0) is 9.02. The minimum atomic E-state index is -0.341. The Morgan fingerprint density at radius 1 is 1.50 bits per heavy atom. The van der Waals surface area contributed by atoms with Crippen LogP contribution in [0.3, 0.4) is 0 Å². The normalized spacial score (nSPS) is 11.8. The topological polar surface area (TPSA) is 29.5 Å². The van der Waals surface area contributed by atoms with Gasteiger partial charge >= 0.3 is 5.97 Å². The number of nitrogens with zero attached hydrogens (tertiary/aromatic N) is 1. The van der Waals surface area contributed by atoms with Gasteiger partial charge in [0.15, 0.2) is 6.23 Å². The molecule has 0 heterocycles. The van der Waals surface area contributed by atoms with Crippen LogP contribution in [0.25, 0.3) is 0 Å². The highest BCUT2D eigenvalue weighted by atomic mass is 35.5. The van der Waals surface area contributed by atoms with Crippen LogP contribution in [0.4, 0.5) is 0 Å². The van der Waals surface area contributed by atoms with E-state index in [1.165, 1.54) is 0 Å². The molecule has 0 rings (SSSR count). The average Bonchev–Trinajstić information content (AvgIpc) is 1.87. The van der Waals surface area contributed by atoms with Gasteiger partial charge in [-0.25, -0.2) is 4.79 Å². The van der Waals surface area contributed by atoms with Crippen molar-refractivity contribution in [3.05, 3.63) is 12.2 Å². The monoisotopic (exact) mass is 192 g/mol. The highest BCUT2D eigenvalue weighted by molar-refractivity contribution is 5.87. The Hall–Kier alpha value is -0.540. The zero-order valence-electron chi connectivity index (χ0n) is 7.93. The molecular weight excluding hydrogens is 178 g/mol. The summed E-state index contributed by atoms with van der Waals surface area (Å²) in [6, 6.07) is 0. The van der Waals surface area contributed by atoms with E-state index in [1.54, 1.807) is 18.7 Å². The molecule has 0 aromatic rings. The molecule has 72 valence electrons. The molecule has 0 fully saturated rings. The van der Waals surface area contributed by atoms with Gasteiger partial charge < -0.3 is 17.1 Å². The van der Waals surface area contributed by atoms with Gasteiger partial charge in [0.2, 0.25) is 0 Å². The molecule has 0 spiro atoms. The van der Waals surface area contributed by atoms with Crippen LogP contribution in [0, 0.1) is 0 Å². The Labute approximate surface area is 79.8 Å². The van der Waals surface area contributed by atoms with E-state index in [0.717, 1.165) is 0 Å². The Morgan fingerprint density at radius 3 is 2.17 bits per heavy atom. The molecule has 0 aromatic heterocycles. The summed E-state index contributed by atoms with van der Waals surface area (Å²) in [5.41, 5.74) is 0.429. The van der Waals surface area contributed by atoms with Crippen LogP contribution in [-0.4, -0.2) is 31.2 Å². The largest absolute Gasteiger partial charge is 1.00 e.